The number of aromatic nitrogens is 2. The molecule has 54 valence electrons. The van der Waals surface area contributed by atoms with Gasteiger partial charge in [0.05, 0.1) is 7.11 Å². The standard InChI is InChI=1S/C5H7N3O2/c1-10-5-7-3(6)2-4(9)8-5/h2H,1H3,(H3,6,7,8,9). The average molecular weight is 141 g/mol. The molecule has 0 radical (unpaired) electrons. The summed E-state index contributed by atoms with van der Waals surface area (Å²) in [6.45, 7) is 0. The molecule has 0 atom stereocenters. The summed E-state index contributed by atoms with van der Waals surface area (Å²) < 4.78 is 4.63. The summed E-state index contributed by atoms with van der Waals surface area (Å²) in [7, 11) is 1.40. The zero-order valence-corrected chi connectivity index (χ0v) is 5.42. The number of nitrogens with zero attached hydrogens (tertiary/aromatic N) is 1. The molecule has 0 unspecified atom stereocenters. The van der Waals surface area contributed by atoms with Crippen molar-refractivity contribution < 1.29 is 4.74 Å². The van der Waals surface area contributed by atoms with Crippen LogP contribution in [0.5, 0.6) is 6.01 Å². The molecule has 0 aliphatic rings. The van der Waals surface area contributed by atoms with Crippen molar-refractivity contribution in [1.29, 1.82) is 0 Å². The molecule has 1 aromatic rings. The second-order valence-electron chi connectivity index (χ2n) is 1.68. The summed E-state index contributed by atoms with van der Waals surface area (Å²) in [6.07, 6.45) is 0. The van der Waals surface area contributed by atoms with Gasteiger partial charge in [-0.1, -0.05) is 0 Å². The summed E-state index contributed by atoms with van der Waals surface area (Å²) in [5.41, 5.74) is 4.85. The third kappa shape index (κ3) is 1.25. The van der Waals surface area contributed by atoms with Crippen molar-refractivity contribution in [2.45, 2.75) is 0 Å². The monoisotopic (exact) mass is 141 g/mol. The van der Waals surface area contributed by atoms with E-state index in [0.717, 1.165) is 0 Å². The van der Waals surface area contributed by atoms with E-state index in [9.17, 15) is 4.79 Å². The van der Waals surface area contributed by atoms with Crippen LogP contribution in [0.1, 0.15) is 0 Å². The number of nitrogens with one attached hydrogen (secondary N) is 1. The van der Waals surface area contributed by atoms with Crippen LogP contribution in [0.15, 0.2) is 10.9 Å². The predicted octanol–water partition coefficient (Wildman–Crippen LogP) is -0.639. The Hall–Kier alpha value is -1.52. The number of H-pyrrole nitrogens is 1. The maximum atomic E-state index is 10.6. The molecule has 0 aromatic carbocycles. The van der Waals surface area contributed by atoms with Gasteiger partial charge in [-0.2, -0.15) is 4.98 Å². The first-order valence-corrected chi connectivity index (χ1v) is 2.63. The Kier molecular flexibility index (Phi) is 1.57. The molecule has 5 heteroatoms. The van der Waals surface area contributed by atoms with Gasteiger partial charge in [-0.05, 0) is 0 Å². The van der Waals surface area contributed by atoms with Crippen LogP contribution in [0.3, 0.4) is 0 Å². The van der Waals surface area contributed by atoms with Crippen molar-refractivity contribution in [2.24, 2.45) is 0 Å². The van der Waals surface area contributed by atoms with Crippen LogP contribution in [0, 0.1) is 0 Å². The van der Waals surface area contributed by atoms with Gasteiger partial charge in [0.25, 0.3) is 11.6 Å². The fourth-order valence-electron chi connectivity index (χ4n) is 0.550. The maximum Gasteiger partial charge on any atom is 0.298 e. The fourth-order valence-corrected chi connectivity index (χ4v) is 0.550. The predicted molar refractivity (Wildman–Crippen MR) is 35.8 cm³/mol. The lowest BCUT2D eigenvalue weighted by Crippen LogP contribution is -2.09. The molecule has 0 amide bonds. The largest absolute Gasteiger partial charge is 0.468 e. The lowest BCUT2D eigenvalue weighted by atomic mass is 10.6. The average Bonchev–Trinajstić information content (AvgIpc) is 1.85. The van der Waals surface area contributed by atoms with Gasteiger partial charge in [0.15, 0.2) is 0 Å². The second kappa shape index (κ2) is 2.38. The second-order valence-corrected chi connectivity index (χ2v) is 1.68. The Morgan fingerprint density at radius 3 is 3.00 bits per heavy atom. The zero-order chi connectivity index (χ0) is 7.56. The number of ether oxygens (including phenoxy) is 1. The number of hydrogen-bond acceptors (Lipinski definition) is 4. The number of rotatable bonds is 1. The van der Waals surface area contributed by atoms with Gasteiger partial charge in [-0.25, -0.2) is 0 Å². The van der Waals surface area contributed by atoms with Gasteiger partial charge >= 0.3 is 0 Å². The number of aromatic amines is 1. The highest BCUT2D eigenvalue weighted by Gasteiger charge is 1.94. The van der Waals surface area contributed by atoms with Crippen LogP contribution in [-0.4, -0.2) is 17.1 Å². The number of hydrogen-bond donors (Lipinski definition) is 2. The van der Waals surface area contributed by atoms with Crippen molar-refractivity contribution in [3.8, 4) is 6.01 Å². The summed E-state index contributed by atoms with van der Waals surface area (Å²) in [6, 6.07) is 1.31. The lowest BCUT2D eigenvalue weighted by molar-refractivity contribution is 0.379. The molecule has 3 N–H and O–H groups in total. The first kappa shape index (κ1) is 6.60. The molecular formula is C5H7N3O2. The van der Waals surface area contributed by atoms with E-state index in [0.29, 0.717) is 0 Å². The highest BCUT2D eigenvalue weighted by molar-refractivity contribution is 5.26. The van der Waals surface area contributed by atoms with E-state index in [4.69, 9.17) is 5.73 Å². The molecule has 0 saturated heterocycles. The first-order chi connectivity index (χ1) is 4.72. The quantitative estimate of drug-likeness (QED) is 0.545. The van der Waals surface area contributed by atoms with Gasteiger partial charge in [-0.15, -0.1) is 0 Å². The van der Waals surface area contributed by atoms with E-state index in [1.165, 1.54) is 13.2 Å². The SMILES string of the molecule is COc1nc(=O)cc(N)[nH]1. The molecule has 1 rings (SSSR count). The zero-order valence-electron chi connectivity index (χ0n) is 5.42. The number of methoxy groups -OCH3 is 1. The topological polar surface area (TPSA) is 81.0 Å². The van der Waals surface area contributed by atoms with Crippen LogP contribution in [-0.2, 0) is 0 Å². The van der Waals surface area contributed by atoms with E-state index in [1.54, 1.807) is 0 Å². The van der Waals surface area contributed by atoms with E-state index in [2.05, 4.69) is 14.7 Å². The van der Waals surface area contributed by atoms with Gasteiger partial charge < -0.3 is 10.5 Å². The molecule has 0 spiro atoms. The minimum absolute atomic E-state index is 0.130. The first-order valence-electron chi connectivity index (χ1n) is 2.63. The van der Waals surface area contributed by atoms with Crippen LogP contribution < -0.4 is 16.0 Å². The summed E-state index contributed by atoms with van der Waals surface area (Å²) >= 11 is 0. The number of nitrogens with two attached hydrogens (primary N) is 1. The Morgan fingerprint density at radius 1 is 1.80 bits per heavy atom. The molecule has 1 aromatic heterocycles. The van der Waals surface area contributed by atoms with Crippen molar-refractivity contribution in [2.75, 3.05) is 12.8 Å². The van der Waals surface area contributed by atoms with E-state index >= 15 is 0 Å². The minimum Gasteiger partial charge on any atom is -0.468 e. The number of nitrogen functional groups attached to an aromatic ring is 1. The molecule has 0 saturated carbocycles. The van der Waals surface area contributed by atoms with Gasteiger partial charge in [0.2, 0.25) is 0 Å². The lowest BCUT2D eigenvalue weighted by Gasteiger charge is -1.96. The summed E-state index contributed by atoms with van der Waals surface area (Å²) in [4.78, 5) is 16.6. The fraction of sp³-hybridized carbons (Fsp3) is 0.200. The molecule has 5 nitrogen and oxygen atoms in total. The Bertz CT molecular complexity index is 280. The molecule has 10 heavy (non-hydrogen) atoms. The maximum absolute atomic E-state index is 10.6. The summed E-state index contributed by atoms with van der Waals surface area (Å²) in [5.74, 6) is 0.247. The third-order valence-electron chi connectivity index (χ3n) is 0.935. The Labute approximate surface area is 56.9 Å². The van der Waals surface area contributed by atoms with Gasteiger partial charge in [0.1, 0.15) is 5.82 Å². The van der Waals surface area contributed by atoms with Crippen LogP contribution >= 0.6 is 0 Å². The van der Waals surface area contributed by atoms with Crippen molar-refractivity contribution >= 4 is 5.82 Å². The van der Waals surface area contributed by atoms with E-state index < -0.39 is 5.56 Å². The Morgan fingerprint density at radius 2 is 2.50 bits per heavy atom. The molecular weight excluding hydrogens is 134 g/mol. The molecule has 1 heterocycles. The molecule has 0 aliphatic carbocycles. The van der Waals surface area contributed by atoms with Gasteiger partial charge in [-0.3, -0.25) is 9.78 Å². The molecule has 0 fully saturated rings. The van der Waals surface area contributed by atoms with E-state index in [-0.39, 0.29) is 11.8 Å². The molecule has 0 bridgehead atoms. The van der Waals surface area contributed by atoms with Crippen molar-refractivity contribution in [3.05, 3.63) is 16.4 Å². The highest BCUT2D eigenvalue weighted by Crippen LogP contribution is 1.97. The van der Waals surface area contributed by atoms with Crippen molar-refractivity contribution in [3.63, 3.8) is 0 Å². The minimum atomic E-state index is -0.409. The molecule has 0 aliphatic heterocycles. The third-order valence-corrected chi connectivity index (χ3v) is 0.935. The van der Waals surface area contributed by atoms with E-state index in [1.807, 2.05) is 0 Å². The summed E-state index contributed by atoms with van der Waals surface area (Å²) in [5, 5.41) is 0. The Balaban J connectivity index is 3.19. The highest BCUT2D eigenvalue weighted by atomic mass is 16.5. The van der Waals surface area contributed by atoms with Crippen LogP contribution in [0.4, 0.5) is 5.82 Å². The van der Waals surface area contributed by atoms with Crippen molar-refractivity contribution in [1.82, 2.24) is 9.97 Å². The van der Waals surface area contributed by atoms with Crippen LogP contribution in [0.2, 0.25) is 0 Å². The normalized spacial score (nSPS) is 9.30. The number of anilines is 1. The van der Waals surface area contributed by atoms with Gasteiger partial charge in [0, 0.05) is 6.07 Å². The van der Waals surface area contributed by atoms with Crippen LogP contribution in [0.25, 0.3) is 0 Å². The smallest absolute Gasteiger partial charge is 0.298 e.